The van der Waals surface area contributed by atoms with Gasteiger partial charge in [-0.15, -0.1) is 22.7 Å². The maximum atomic E-state index is 10.7. The SMILES string of the molecule is O=C(O)c1ccc(CNCCc2cccs2)s1. The average molecular weight is 267 g/mol. The Morgan fingerprint density at radius 1 is 1.29 bits per heavy atom. The lowest BCUT2D eigenvalue weighted by atomic mass is 10.3. The van der Waals surface area contributed by atoms with Gasteiger partial charge in [0.25, 0.3) is 0 Å². The highest BCUT2D eigenvalue weighted by atomic mass is 32.1. The molecule has 0 spiro atoms. The molecule has 2 N–H and O–H groups in total. The van der Waals surface area contributed by atoms with Crippen LogP contribution in [-0.2, 0) is 13.0 Å². The van der Waals surface area contributed by atoms with E-state index in [2.05, 4.69) is 22.8 Å². The maximum Gasteiger partial charge on any atom is 0.345 e. The van der Waals surface area contributed by atoms with Crippen LogP contribution >= 0.6 is 22.7 Å². The van der Waals surface area contributed by atoms with Crippen molar-refractivity contribution in [3.05, 3.63) is 44.3 Å². The van der Waals surface area contributed by atoms with Crippen LogP contribution < -0.4 is 5.32 Å². The summed E-state index contributed by atoms with van der Waals surface area (Å²) in [7, 11) is 0. The number of carboxylic acids is 1. The highest BCUT2D eigenvalue weighted by Crippen LogP contribution is 2.16. The van der Waals surface area contributed by atoms with Crippen LogP contribution in [-0.4, -0.2) is 17.6 Å². The number of hydrogen-bond donors (Lipinski definition) is 2. The van der Waals surface area contributed by atoms with Gasteiger partial charge in [0.1, 0.15) is 4.88 Å². The molecule has 0 aliphatic heterocycles. The minimum absolute atomic E-state index is 0.403. The Kier molecular flexibility index (Phi) is 4.30. The smallest absolute Gasteiger partial charge is 0.345 e. The Bertz CT molecular complexity index is 476. The van der Waals surface area contributed by atoms with Gasteiger partial charge in [-0.05, 0) is 30.0 Å². The van der Waals surface area contributed by atoms with Gasteiger partial charge in [-0.2, -0.15) is 0 Å². The predicted octanol–water partition coefficient (Wildman–Crippen LogP) is 2.84. The summed E-state index contributed by atoms with van der Waals surface area (Å²) in [5.74, 6) is -0.847. The quantitative estimate of drug-likeness (QED) is 0.791. The number of carboxylic acid groups (broad SMARTS) is 1. The summed E-state index contributed by atoms with van der Waals surface area (Å²) in [4.78, 5) is 13.5. The summed E-state index contributed by atoms with van der Waals surface area (Å²) >= 11 is 3.09. The van der Waals surface area contributed by atoms with Crippen LogP contribution in [0.1, 0.15) is 19.4 Å². The van der Waals surface area contributed by atoms with Crippen molar-refractivity contribution in [2.45, 2.75) is 13.0 Å². The topological polar surface area (TPSA) is 49.3 Å². The van der Waals surface area contributed by atoms with Crippen LogP contribution in [0.5, 0.6) is 0 Å². The molecular formula is C12H13NO2S2. The van der Waals surface area contributed by atoms with Gasteiger partial charge in [0.15, 0.2) is 0 Å². The third-order valence-corrected chi connectivity index (χ3v) is 4.31. The second kappa shape index (κ2) is 5.95. The molecule has 2 rings (SSSR count). The second-order valence-electron chi connectivity index (χ2n) is 3.58. The van der Waals surface area contributed by atoms with Gasteiger partial charge < -0.3 is 10.4 Å². The predicted molar refractivity (Wildman–Crippen MR) is 71.0 cm³/mol. The highest BCUT2D eigenvalue weighted by molar-refractivity contribution is 7.13. The fraction of sp³-hybridized carbons (Fsp3) is 0.250. The summed E-state index contributed by atoms with van der Waals surface area (Å²) in [5.41, 5.74) is 0. The van der Waals surface area contributed by atoms with Gasteiger partial charge in [-0.1, -0.05) is 6.07 Å². The first kappa shape index (κ1) is 12.3. The summed E-state index contributed by atoms with van der Waals surface area (Å²) in [6.07, 6.45) is 1.02. The minimum Gasteiger partial charge on any atom is -0.477 e. The largest absolute Gasteiger partial charge is 0.477 e. The zero-order chi connectivity index (χ0) is 12.1. The Hall–Kier alpha value is -1.17. The molecule has 2 aromatic heterocycles. The molecule has 2 heterocycles. The van der Waals surface area contributed by atoms with Crippen LogP contribution in [0.4, 0.5) is 0 Å². The molecule has 0 radical (unpaired) electrons. The number of aromatic carboxylic acids is 1. The molecule has 5 heteroatoms. The van der Waals surface area contributed by atoms with E-state index in [-0.39, 0.29) is 0 Å². The number of hydrogen-bond acceptors (Lipinski definition) is 4. The van der Waals surface area contributed by atoms with E-state index in [1.54, 1.807) is 17.4 Å². The molecule has 0 aromatic carbocycles. The van der Waals surface area contributed by atoms with Crippen molar-refractivity contribution in [1.29, 1.82) is 0 Å². The zero-order valence-corrected chi connectivity index (χ0v) is 10.8. The molecule has 0 unspecified atom stereocenters. The standard InChI is InChI=1S/C12H13NO2S2/c14-12(15)11-4-3-10(17-11)8-13-6-5-9-2-1-7-16-9/h1-4,7,13H,5-6,8H2,(H,14,15). The highest BCUT2D eigenvalue weighted by Gasteiger charge is 2.06. The van der Waals surface area contributed by atoms with E-state index < -0.39 is 5.97 Å². The first-order valence-corrected chi connectivity index (χ1v) is 7.00. The van der Waals surface area contributed by atoms with Gasteiger partial charge in [-0.25, -0.2) is 4.79 Å². The van der Waals surface area contributed by atoms with Crippen molar-refractivity contribution in [2.75, 3.05) is 6.54 Å². The van der Waals surface area contributed by atoms with Crippen molar-refractivity contribution in [2.24, 2.45) is 0 Å². The van der Waals surface area contributed by atoms with Crippen molar-refractivity contribution in [1.82, 2.24) is 5.32 Å². The van der Waals surface area contributed by atoms with E-state index in [1.165, 1.54) is 16.2 Å². The van der Waals surface area contributed by atoms with Crippen LogP contribution in [0, 0.1) is 0 Å². The van der Waals surface area contributed by atoms with Crippen LogP contribution in [0.3, 0.4) is 0 Å². The number of nitrogens with one attached hydrogen (secondary N) is 1. The lowest BCUT2D eigenvalue weighted by Crippen LogP contribution is -2.15. The van der Waals surface area contributed by atoms with Gasteiger partial charge >= 0.3 is 5.97 Å². The normalized spacial score (nSPS) is 10.6. The van der Waals surface area contributed by atoms with E-state index in [9.17, 15) is 4.79 Å². The van der Waals surface area contributed by atoms with Gasteiger partial charge in [0, 0.05) is 22.8 Å². The molecule has 0 fully saturated rings. The Morgan fingerprint density at radius 3 is 2.82 bits per heavy atom. The van der Waals surface area contributed by atoms with Crippen LogP contribution in [0.15, 0.2) is 29.6 Å². The molecule has 0 amide bonds. The lowest BCUT2D eigenvalue weighted by molar-refractivity contribution is 0.0702. The summed E-state index contributed by atoms with van der Waals surface area (Å²) in [6, 6.07) is 7.70. The van der Waals surface area contributed by atoms with E-state index >= 15 is 0 Å². The van der Waals surface area contributed by atoms with Gasteiger partial charge in [-0.3, -0.25) is 0 Å². The number of thiophene rings is 2. The van der Waals surface area contributed by atoms with Crippen molar-refractivity contribution >= 4 is 28.6 Å². The van der Waals surface area contributed by atoms with Crippen molar-refractivity contribution in [3.8, 4) is 0 Å². The van der Waals surface area contributed by atoms with Crippen molar-refractivity contribution in [3.63, 3.8) is 0 Å². The van der Waals surface area contributed by atoms with E-state index in [0.717, 1.165) is 24.4 Å². The first-order chi connectivity index (χ1) is 8.25. The molecule has 90 valence electrons. The third-order valence-electron chi connectivity index (χ3n) is 2.30. The Morgan fingerprint density at radius 2 is 2.18 bits per heavy atom. The number of carbonyl (C=O) groups is 1. The third kappa shape index (κ3) is 3.66. The Labute approximate surface area is 108 Å². The molecule has 0 atom stereocenters. The summed E-state index contributed by atoms with van der Waals surface area (Å²) in [6.45, 7) is 1.66. The summed E-state index contributed by atoms with van der Waals surface area (Å²) in [5, 5.41) is 14.2. The van der Waals surface area contributed by atoms with Gasteiger partial charge in [0.05, 0.1) is 0 Å². The van der Waals surface area contributed by atoms with Crippen molar-refractivity contribution < 1.29 is 9.90 Å². The molecule has 2 aromatic rings. The molecule has 0 saturated carbocycles. The Balaban J connectivity index is 1.72. The average Bonchev–Trinajstić information content (AvgIpc) is 2.96. The fourth-order valence-corrected chi connectivity index (χ4v) is 2.99. The minimum atomic E-state index is -0.847. The first-order valence-electron chi connectivity index (χ1n) is 5.31. The molecule has 0 bridgehead atoms. The monoisotopic (exact) mass is 267 g/mol. The molecule has 0 aliphatic carbocycles. The molecule has 0 aliphatic rings. The molecular weight excluding hydrogens is 254 g/mol. The van der Waals surface area contributed by atoms with Crippen LogP contribution in [0.2, 0.25) is 0 Å². The van der Waals surface area contributed by atoms with E-state index in [0.29, 0.717) is 4.88 Å². The molecule has 3 nitrogen and oxygen atoms in total. The second-order valence-corrected chi connectivity index (χ2v) is 5.78. The van der Waals surface area contributed by atoms with Gasteiger partial charge in [0.2, 0.25) is 0 Å². The zero-order valence-electron chi connectivity index (χ0n) is 9.18. The molecule has 0 saturated heterocycles. The maximum absolute atomic E-state index is 10.7. The number of rotatable bonds is 6. The summed E-state index contributed by atoms with van der Waals surface area (Å²) < 4.78 is 0. The van der Waals surface area contributed by atoms with E-state index in [4.69, 9.17) is 5.11 Å². The van der Waals surface area contributed by atoms with E-state index in [1.807, 2.05) is 6.07 Å². The molecule has 17 heavy (non-hydrogen) atoms. The lowest BCUT2D eigenvalue weighted by Gasteiger charge is -2.01. The van der Waals surface area contributed by atoms with Crippen LogP contribution in [0.25, 0.3) is 0 Å². The fourth-order valence-electron chi connectivity index (χ4n) is 1.47.